The number of H-pyrrole nitrogens is 2. The second-order valence-electron chi connectivity index (χ2n) is 5.68. The number of unbranched alkanes of at least 4 members (excludes halogenated alkanes) is 1. The fourth-order valence-corrected chi connectivity index (χ4v) is 3.06. The Balaban J connectivity index is 1.39. The summed E-state index contributed by atoms with van der Waals surface area (Å²) in [5.74, 6) is 0. The van der Waals surface area contributed by atoms with Gasteiger partial charge < -0.3 is 0 Å². The summed E-state index contributed by atoms with van der Waals surface area (Å²) in [6.07, 6.45) is 6.48. The Hall–Kier alpha value is -2.62. The average Bonchev–Trinajstić information content (AvgIpc) is 3.16. The number of hydrogen-bond donors (Lipinski definition) is 2. The van der Waals surface area contributed by atoms with E-state index in [-0.39, 0.29) is 0 Å². The van der Waals surface area contributed by atoms with Gasteiger partial charge in [-0.05, 0) is 37.1 Å². The van der Waals surface area contributed by atoms with Crippen molar-refractivity contribution in [2.75, 3.05) is 0 Å². The van der Waals surface area contributed by atoms with Gasteiger partial charge in [0.15, 0.2) is 22.1 Å². The monoisotopic (exact) mass is 292 g/mol. The van der Waals surface area contributed by atoms with Crippen LogP contribution in [0.5, 0.6) is 0 Å². The largest absolute Gasteiger partial charge is 0.243 e. The number of rotatable bonds is 5. The summed E-state index contributed by atoms with van der Waals surface area (Å²) in [7, 11) is 0. The predicted octanol–water partition coefficient (Wildman–Crippen LogP) is 2.70. The summed E-state index contributed by atoms with van der Waals surface area (Å²) in [4.78, 5) is 6.64. The van der Waals surface area contributed by atoms with E-state index in [0.29, 0.717) is 0 Å². The number of para-hydroxylation sites is 4. The van der Waals surface area contributed by atoms with E-state index in [0.717, 1.165) is 13.1 Å². The number of nitrogens with one attached hydrogen (secondary N) is 2. The number of nitrogens with zero attached hydrogens (tertiary/aromatic N) is 2. The van der Waals surface area contributed by atoms with Gasteiger partial charge in [-0.25, -0.2) is 19.1 Å². The first-order valence-electron chi connectivity index (χ1n) is 7.83. The van der Waals surface area contributed by atoms with Crippen LogP contribution in [-0.2, 0) is 13.1 Å². The van der Waals surface area contributed by atoms with Gasteiger partial charge in [-0.1, -0.05) is 24.3 Å². The molecule has 4 aromatic rings. The molecule has 0 aliphatic heterocycles. The minimum absolute atomic E-state index is 1.05. The molecule has 0 spiro atoms. The Morgan fingerprint density at radius 1 is 0.636 bits per heavy atom. The first-order chi connectivity index (χ1) is 10.9. The lowest BCUT2D eigenvalue weighted by molar-refractivity contribution is -0.683. The second-order valence-corrected chi connectivity index (χ2v) is 5.68. The summed E-state index contributed by atoms with van der Waals surface area (Å²) in [5.41, 5.74) is 4.96. The minimum atomic E-state index is 1.05. The average molecular weight is 292 g/mol. The van der Waals surface area contributed by atoms with Crippen LogP contribution in [0.2, 0.25) is 0 Å². The van der Waals surface area contributed by atoms with Crippen molar-refractivity contribution in [1.29, 1.82) is 0 Å². The van der Waals surface area contributed by atoms with Gasteiger partial charge in [0.25, 0.3) is 0 Å². The molecule has 0 aliphatic rings. The molecular formula is C18H20N4+2. The highest BCUT2D eigenvalue weighted by atomic mass is 15.1. The maximum atomic E-state index is 3.32. The second kappa shape index (κ2) is 5.64. The summed E-state index contributed by atoms with van der Waals surface area (Å²) in [6.45, 7) is 2.10. The van der Waals surface area contributed by atoms with Gasteiger partial charge in [-0.3, -0.25) is 0 Å². The van der Waals surface area contributed by atoms with Crippen molar-refractivity contribution in [2.24, 2.45) is 0 Å². The zero-order valence-electron chi connectivity index (χ0n) is 12.5. The summed E-state index contributed by atoms with van der Waals surface area (Å²) >= 11 is 0. The van der Waals surface area contributed by atoms with Crippen molar-refractivity contribution in [3.63, 3.8) is 0 Å². The molecule has 2 heterocycles. The Morgan fingerprint density at radius 3 is 1.59 bits per heavy atom. The molecule has 0 saturated carbocycles. The normalized spacial score (nSPS) is 11.5. The Kier molecular flexibility index (Phi) is 3.35. The number of aromatic amines is 2. The maximum absolute atomic E-state index is 3.32. The standard InChI is InChI=1S/C18H18N4/c1-3-9-17-15(7-1)19-13-21(17)11-5-6-12-22-14-20-16-8-2-4-10-18(16)22/h1-4,7-10,13-14H,5-6,11-12H2/p+2. The third kappa shape index (κ3) is 2.37. The fourth-order valence-electron chi connectivity index (χ4n) is 3.06. The van der Waals surface area contributed by atoms with E-state index >= 15 is 0 Å². The van der Waals surface area contributed by atoms with E-state index in [1.807, 2.05) is 0 Å². The van der Waals surface area contributed by atoms with Crippen molar-refractivity contribution >= 4 is 22.1 Å². The van der Waals surface area contributed by atoms with Crippen LogP contribution in [0, 0.1) is 0 Å². The molecule has 22 heavy (non-hydrogen) atoms. The molecular weight excluding hydrogens is 272 g/mol. The Morgan fingerprint density at radius 2 is 1.09 bits per heavy atom. The lowest BCUT2D eigenvalue weighted by Gasteiger charge is -1.99. The molecule has 0 fully saturated rings. The van der Waals surface area contributed by atoms with Crippen LogP contribution in [0.25, 0.3) is 22.1 Å². The van der Waals surface area contributed by atoms with Crippen molar-refractivity contribution in [1.82, 2.24) is 9.97 Å². The first kappa shape index (κ1) is 13.1. The predicted molar refractivity (Wildman–Crippen MR) is 86.2 cm³/mol. The van der Waals surface area contributed by atoms with Gasteiger partial charge in [-0.15, -0.1) is 0 Å². The molecule has 2 aromatic heterocycles. The number of fused-ring (bicyclic) bond motifs is 2. The van der Waals surface area contributed by atoms with Crippen LogP contribution in [0.15, 0.2) is 61.2 Å². The number of aryl methyl sites for hydroxylation is 2. The quantitative estimate of drug-likeness (QED) is 0.419. The lowest BCUT2D eigenvalue weighted by Crippen LogP contribution is -2.34. The van der Waals surface area contributed by atoms with Gasteiger partial charge in [0, 0.05) is 0 Å². The summed E-state index contributed by atoms with van der Waals surface area (Å²) in [6, 6.07) is 16.9. The molecule has 0 bridgehead atoms. The fraction of sp³-hybridized carbons (Fsp3) is 0.222. The Labute approximate surface area is 129 Å². The first-order valence-corrected chi connectivity index (χ1v) is 7.83. The molecule has 110 valence electrons. The van der Waals surface area contributed by atoms with Crippen LogP contribution in [0.3, 0.4) is 0 Å². The molecule has 0 saturated heterocycles. The summed E-state index contributed by atoms with van der Waals surface area (Å²) in [5, 5.41) is 0. The van der Waals surface area contributed by atoms with E-state index in [1.165, 1.54) is 34.9 Å². The lowest BCUT2D eigenvalue weighted by atomic mass is 10.2. The zero-order valence-corrected chi connectivity index (χ0v) is 12.5. The van der Waals surface area contributed by atoms with Crippen LogP contribution in [0.1, 0.15) is 12.8 Å². The van der Waals surface area contributed by atoms with Gasteiger partial charge in [0.1, 0.15) is 0 Å². The number of imidazole rings is 2. The molecule has 0 aliphatic carbocycles. The van der Waals surface area contributed by atoms with Crippen molar-refractivity contribution in [3.05, 3.63) is 61.2 Å². The van der Waals surface area contributed by atoms with Gasteiger partial charge >= 0.3 is 0 Å². The van der Waals surface area contributed by atoms with Crippen molar-refractivity contribution in [3.8, 4) is 0 Å². The molecule has 2 aromatic carbocycles. The highest BCUT2D eigenvalue weighted by Gasteiger charge is 2.10. The molecule has 0 amide bonds. The molecule has 0 atom stereocenters. The molecule has 0 radical (unpaired) electrons. The van der Waals surface area contributed by atoms with E-state index in [2.05, 4.69) is 80.3 Å². The summed E-state index contributed by atoms with van der Waals surface area (Å²) < 4.78 is 4.60. The van der Waals surface area contributed by atoms with Crippen molar-refractivity contribution < 1.29 is 9.13 Å². The number of benzene rings is 2. The highest BCUT2D eigenvalue weighted by molar-refractivity contribution is 5.70. The van der Waals surface area contributed by atoms with Crippen LogP contribution < -0.4 is 9.13 Å². The Bertz CT molecular complexity index is 827. The van der Waals surface area contributed by atoms with E-state index in [1.54, 1.807) is 0 Å². The third-order valence-electron chi connectivity index (χ3n) is 4.23. The molecule has 4 nitrogen and oxygen atoms in total. The van der Waals surface area contributed by atoms with Gasteiger partial charge in [0.2, 0.25) is 12.7 Å². The van der Waals surface area contributed by atoms with Gasteiger partial charge in [0.05, 0.1) is 13.1 Å². The van der Waals surface area contributed by atoms with Crippen LogP contribution in [0.4, 0.5) is 0 Å². The van der Waals surface area contributed by atoms with E-state index in [9.17, 15) is 0 Å². The maximum Gasteiger partial charge on any atom is 0.242 e. The molecule has 2 N–H and O–H groups in total. The van der Waals surface area contributed by atoms with E-state index < -0.39 is 0 Å². The van der Waals surface area contributed by atoms with Crippen molar-refractivity contribution in [2.45, 2.75) is 25.9 Å². The van der Waals surface area contributed by atoms with Gasteiger partial charge in [-0.2, -0.15) is 0 Å². The molecule has 0 unspecified atom stereocenters. The molecule has 4 rings (SSSR count). The van der Waals surface area contributed by atoms with Crippen LogP contribution >= 0.6 is 0 Å². The zero-order chi connectivity index (χ0) is 14.8. The topological polar surface area (TPSA) is 39.3 Å². The third-order valence-corrected chi connectivity index (χ3v) is 4.23. The van der Waals surface area contributed by atoms with E-state index in [4.69, 9.17) is 0 Å². The number of hydrogen-bond acceptors (Lipinski definition) is 0. The van der Waals surface area contributed by atoms with Crippen LogP contribution in [-0.4, -0.2) is 9.97 Å². The number of aromatic nitrogens is 4. The molecule has 4 heteroatoms. The highest BCUT2D eigenvalue weighted by Crippen LogP contribution is 2.07. The minimum Gasteiger partial charge on any atom is -0.243 e. The SMILES string of the molecule is c1ccc2c(c1)[nH]c[n+]2CCCC[n+]1c[nH]c2ccccc21. The smallest absolute Gasteiger partial charge is 0.242 e.